The first kappa shape index (κ1) is 19.4. The third-order valence-electron chi connectivity index (χ3n) is 9.24. The SMILES string of the molecule is CC1CC2C(C)C3CCC(Br)NC3CC2C1C(C)(C)C1=Cc2ccccc2C1. The van der Waals surface area contributed by atoms with Crippen molar-refractivity contribution in [1.82, 2.24) is 5.32 Å². The van der Waals surface area contributed by atoms with Crippen molar-refractivity contribution in [1.29, 1.82) is 0 Å². The number of alkyl halides is 1. The van der Waals surface area contributed by atoms with Crippen LogP contribution in [-0.4, -0.2) is 11.0 Å². The number of hydrogen-bond acceptors (Lipinski definition) is 1. The molecule has 1 heterocycles. The first-order chi connectivity index (χ1) is 13.4. The van der Waals surface area contributed by atoms with Gasteiger partial charge >= 0.3 is 0 Å². The predicted molar refractivity (Wildman–Crippen MR) is 122 cm³/mol. The second kappa shape index (κ2) is 6.98. The molecule has 152 valence electrons. The van der Waals surface area contributed by atoms with Crippen LogP contribution in [0.25, 0.3) is 6.08 Å². The Balaban J connectivity index is 1.44. The standard InChI is InChI=1S/C26H36BrN/c1-15-11-21-16(2)20-9-10-24(27)28-23(20)14-22(21)25(15)26(3,4)19-12-17-7-5-6-8-18(17)13-19/h5-8,12,15-16,20-25,28H,9-11,13-14H2,1-4H3. The molecule has 0 bridgehead atoms. The van der Waals surface area contributed by atoms with Crippen LogP contribution in [0.2, 0.25) is 0 Å². The van der Waals surface area contributed by atoms with Crippen LogP contribution in [0.1, 0.15) is 64.5 Å². The van der Waals surface area contributed by atoms with E-state index >= 15 is 0 Å². The van der Waals surface area contributed by atoms with Crippen LogP contribution in [0.15, 0.2) is 29.8 Å². The third-order valence-corrected chi connectivity index (χ3v) is 9.96. The van der Waals surface area contributed by atoms with E-state index in [4.69, 9.17) is 0 Å². The molecule has 1 saturated heterocycles. The van der Waals surface area contributed by atoms with Crippen molar-refractivity contribution in [2.75, 3.05) is 0 Å². The van der Waals surface area contributed by atoms with Gasteiger partial charge in [0.25, 0.3) is 0 Å². The number of nitrogens with one attached hydrogen (secondary N) is 1. The molecule has 3 fully saturated rings. The molecule has 8 unspecified atom stereocenters. The van der Waals surface area contributed by atoms with E-state index in [9.17, 15) is 0 Å². The molecule has 3 aliphatic carbocycles. The maximum absolute atomic E-state index is 3.93. The van der Waals surface area contributed by atoms with E-state index in [1.807, 2.05) is 0 Å². The molecule has 1 nitrogen and oxygen atoms in total. The zero-order chi connectivity index (χ0) is 19.6. The van der Waals surface area contributed by atoms with Crippen molar-refractivity contribution < 1.29 is 0 Å². The maximum Gasteiger partial charge on any atom is 0.0632 e. The number of hydrogen-bond donors (Lipinski definition) is 1. The molecule has 0 aromatic heterocycles. The summed E-state index contributed by atoms with van der Waals surface area (Å²) in [6.07, 6.45) is 9.21. The Bertz CT molecular complexity index is 778. The molecule has 8 atom stereocenters. The highest BCUT2D eigenvalue weighted by Gasteiger charge is 2.55. The minimum atomic E-state index is 0.285. The lowest BCUT2D eigenvalue weighted by molar-refractivity contribution is 0.0252. The molecular weight excluding hydrogens is 406 g/mol. The van der Waals surface area contributed by atoms with E-state index in [1.165, 1.54) is 36.8 Å². The van der Waals surface area contributed by atoms with Crippen LogP contribution in [0.5, 0.6) is 0 Å². The summed E-state index contributed by atoms with van der Waals surface area (Å²) in [6.45, 7) is 10.3. The van der Waals surface area contributed by atoms with Crippen LogP contribution in [0.4, 0.5) is 0 Å². The van der Waals surface area contributed by atoms with Crippen molar-refractivity contribution in [2.45, 2.75) is 70.8 Å². The van der Waals surface area contributed by atoms with Crippen LogP contribution in [-0.2, 0) is 6.42 Å². The van der Waals surface area contributed by atoms with Crippen LogP contribution in [0, 0.1) is 40.9 Å². The normalized spacial score (nSPS) is 42.5. The molecule has 1 aromatic rings. The number of rotatable bonds is 2. The van der Waals surface area contributed by atoms with E-state index in [-0.39, 0.29) is 5.41 Å². The lowest BCUT2D eigenvalue weighted by atomic mass is 9.58. The van der Waals surface area contributed by atoms with Crippen LogP contribution >= 0.6 is 15.9 Å². The minimum absolute atomic E-state index is 0.285. The fourth-order valence-electron chi connectivity index (χ4n) is 7.98. The van der Waals surface area contributed by atoms with Gasteiger partial charge in [0.2, 0.25) is 0 Å². The molecule has 1 aromatic carbocycles. The van der Waals surface area contributed by atoms with Gasteiger partial charge in [-0.3, -0.25) is 0 Å². The fourth-order valence-corrected chi connectivity index (χ4v) is 8.59. The molecule has 0 radical (unpaired) electrons. The first-order valence-electron chi connectivity index (χ1n) is 11.6. The smallest absolute Gasteiger partial charge is 0.0632 e. The van der Waals surface area contributed by atoms with Crippen molar-refractivity contribution in [3.8, 4) is 0 Å². The second-order valence-electron chi connectivity index (χ2n) is 10.9. The van der Waals surface area contributed by atoms with E-state index in [1.54, 1.807) is 5.57 Å². The molecule has 28 heavy (non-hydrogen) atoms. The maximum atomic E-state index is 3.93. The quantitative estimate of drug-likeness (QED) is 0.398. The van der Waals surface area contributed by atoms with Crippen molar-refractivity contribution in [2.24, 2.45) is 40.9 Å². The van der Waals surface area contributed by atoms with Gasteiger partial charge < -0.3 is 5.32 Å². The monoisotopic (exact) mass is 441 g/mol. The van der Waals surface area contributed by atoms with Gasteiger partial charge in [-0.05, 0) is 84.2 Å². The van der Waals surface area contributed by atoms with Gasteiger partial charge in [0.1, 0.15) is 0 Å². The Morgan fingerprint density at radius 2 is 1.79 bits per heavy atom. The Labute approximate surface area is 179 Å². The summed E-state index contributed by atoms with van der Waals surface area (Å²) in [4.78, 5) is 0.523. The molecule has 4 aliphatic rings. The Kier molecular flexibility index (Phi) is 4.83. The van der Waals surface area contributed by atoms with Gasteiger partial charge in [0.15, 0.2) is 0 Å². The molecule has 2 saturated carbocycles. The summed E-state index contributed by atoms with van der Waals surface area (Å²) in [5.74, 6) is 5.19. The van der Waals surface area contributed by atoms with Gasteiger partial charge in [-0.1, -0.05) is 79.5 Å². The minimum Gasteiger partial charge on any atom is -0.302 e. The zero-order valence-corrected chi connectivity index (χ0v) is 19.5. The lowest BCUT2D eigenvalue weighted by Crippen LogP contribution is -2.54. The second-order valence-corrected chi connectivity index (χ2v) is 12.0. The Morgan fingerprint density at radius 3 is 2.57 bits per heavy atom. The van der Waals surface area contributed by atoms with Crippen molar-refractivity contribution >= 4 is 22.0 Å². The molecular formula is C26H36BrN. The van der Waals surface area contributed by atoms with Gasteiger partial charge in [-0.25, -0.2) is 0 Å². The highest BCUT2D eigenvalue weighted by Crippen LogP contribution is 2.61. The molecule has 5 rings (SSSR count). The molecule has 2 heteroatoms. The third kappa shape index (κ3) is 2.97. The van der Waals surface area contributed by atoms with E-state index in [0.717, 1.165) is 41.9 Å². The van der Waals surface area contributed by atoms with E-state index < -0.39 is 0 Å². The van der Waals surface area contributed by atoms with E-state index in [2.05, 4.69) is 79.3 Å². The fraction of sp³-hybridized carbons (Fsp3) is 0.692. The number of halogens is 1. The van der Waals surface area contributed by atoms with Gasteiger partial charge in [0.05, 0.1) is 4.95 Å². The summed E-state index contributed by atoms with van der Waals surface area (Å²) >= 11 is 3.86. The largest absolute Gasteiger partial charge is 0.302 e. The Morgan fingerprint density at radius 1 is 1.00 bits per heavy atom. The van der Waals surface area contributed by atoms with Crippen LogP contribution in [0.3, 0.4) is 0 Å². The summed E-state index contributed by atoms with van der Waals surface area (Å²) in [5, 5.41) is 3.93. The summed E-state index contributed by atoms with van der Waals surface area (Å²) < 4.78 is 0. The van der Waals surface area contributed by atoms with Gasteiger partial charge in [-0.15, -0.1) is 0 Å². The summed E-state index contributed by atoms with van der Waals surface area (Å²) in [5.41, 5.74) is 4.95. The number of piperidine rings is 1. The molecule has 0 spiro atoms. The highest BCUT2D eigenvalue weighted by molar-refractivity contribution is 9.09. The van der Waals surface area contributed by atoms with Crippen LogP contribution < -0.4 is 5.32 Å². The van der Waals surface area contributed by atoms with Crippen molar-refractivity contribution in [3.63, 3.8) is 0 Å². The molecule has 1 aliphatic heterocycles. The summed E-state index contributed by atoms with van der Waals surface area (Å²) in [7, 11) is 0. The number of benzene rings is 1. The summed E-state index contributed by atoms with van der Waals surface area (Å²) in [6, 6.07) is 9.73. The topological polar surface area (TPSA) is 12.0 Å². The Hall–Kier alpha value is -0.600. The number of fused-ring (bicyclic) bond motifs is 3. The molecule has 1 N–H and O–H groups in total. The first-order valence-corrected chi connectivity index (χ1v) is 12.5. The van der Waals surface area contributed by atoms with E-state index in [0.29, 0.717) is 11.0 Å². The van der Waals surface area contributed by atoms with Crippen molar-refractivity contribution in [3.05, 3.63) is 41.0 Å². The highest BCUT2D eigenvalue weighted by atomic mass is 79.9. The van der Waals surface area contributed by atoms with Gasteiger partial charge in [0, 0.05) is 6.04 Å². The number of allylic oxidation sites excluding steroid dienone is 1. The van der Waals surface area contributed by atoms with Gasteiger partial charge in [-0.2, -0.15) is 0 Å². The molecule has 0 amide bonds. The average molecular weight is 442 g/mol. The predicted octanol–water partition coefficient (Wildman–Crippen LogP) is 6.67. The lowest BCUT2D eigenvalue weighted by Gasteiger charge is -2.51. The average Bonchev–Trinajstić information content (AvgIpc) is 3.23. The zero-order valence-electron chi connectivity index (χ0n) is 17.9.